The molecule has 0 fully saturated rings. The predicted octanol–water partition coefficient (Wildman–Crippen LogP) is 4.98. The van der Waals surface area contributed by atoms with Crippen molar-refractivity contribution in [2.24, 2.45) is 0 Å². The third kappa shape index (κ3) is 2.58. The van der Waals surface area contributed by atoms with Gasteiger partial charge in [-0.1, -0.05) is 54.4 Å². The van der Waals surface area contributed by atoms with Gasteiger partial charge < -0.3 is 0 Å². The summed E-state index contributed by atoms with van der Waals surface area (Å²) in [5.41, 5.74) is 2.29. The van der Waals surface area contributed by atoms with Gasteiger partial charge in [-0.2, -0.15) is 0 Å². The third-order valence-corrected chi connectivity index (χ3v) is 3.02. The van der Waals surface area contributed by atoms with Gasteiger partial charge in [-0.15, -0.1) is 0 Å². The first kappa shape index (κ1) is 11.5. The fraction of sp³-hybridized carbons (Fsp3) is 0.0714. The fourth-order valence-corrected chi connectivity index (χ4v) is 1.90. The van der Waals surface area contributed by atoms with E-state index >= 15 is 0 Å². The molecule has 0 N–H and O–H groups in total. The fourth-order valence-electron chi connectivity index (χ4n) is 1.59. The van der Waals surface area contributed by atoms with E-state index in [0.717, 1.165) is 21.2 Å². The van der Waals surface area contributed by atoms with Crippen LogP contribution in [0.15, 0.2) is 48.5 Å². The van der Waals surface area contributed by atoms with E-state index in [4.69, 9.17) is 23.2 Å². The Labute approximate surface area is 106 Å². The average molecular weight is 250 g/mol. The first-order valence-corrected chi connectivity index (χ1v) is 5.78. The van der Waals surface area contributed by atoms with E-state index in [9.17, 15) is 0 Å². The summed E-state index contributed by atoms with van der Waals surface area (Å²) >= 11 is 11.8. The monoisotopic (exact) mass is 249 g/mol. The quantitative estimate of drug-likeness (QED) is 0.704. The van der Waals surface area contributed by atoms with Gasteiger partial charge in [-0.3, -0.25) is 0 Å². The minimum Gasteiger partial charge on any atom is -0.0843 e. The van der Waals surface area contributed by atoms with Crippen LogP contribution in [0.3, 0.4) is 0 Å². The van der Waals surface area contributed by atoms with Crippen molar-refractivity contribution in [1.29, 1.82) is 0 Å². The second kappa shape index (κ2) is 4.90. The predicted molar refractivity (Wildman–Crippen MR) is 70.0 cm³/mol. The van der Waals surface area contributed by atoms with E-state index in [1.54, 1.807) is 0 Å². The SMILES string of the molecule is C[C](c1ccc(Cl)cc1)c1cccc(Cl)c1. The van der Waals surface area contributed by atoms with E-state index in [-0.39, 0.29) is 0 Å². The smallest absolute Gasteiger partial charge is 0.0409 e. The molecular weight excluding hydrogens is 239 g/mol. The minimum absolute atomic E-state index is 0.752. The average Bonchev–Trinajstić information content (AvgIpc) is 2.29. The molecule has 0 heterocycles. The van der Waals surface area contributed by atoms with Crippen molar-refractivity contribution < 1.29 is 0 Å². The van der Waals surface area contributed by atoms with Gasteiger partial charge in [0.1, 0.15) is 0 Å². The highest BCUT2D eigenvalue weighted by Gasteiger charge is 2.09. The van der Waals surface area contributed by atoms with Crippen LogP contribution in [0.2, 0.25) is 10.0 Å². The Balaban J connectivity index is 2.31. The Bertz CT molecular complexity index is 474. The zero-order valence-electron chi connectivity index (χ0n) is 8.87. The Morgan fingerprint density at radius 3 is 2.12 bits per heavy atom. The largest absolute Gasteiger partial charge is 0.0843 e. The lowest BCUT2D eigenvalue weighted by Gasteiger charge is -2.11. The molecule has 0 saturated carbocycles. The number of hydrogen-bond donors (Lipinski definition) is 0. The normalized spacial score (nSPS) is 10.8. The van der Waals surface area contributed by atoms with Crippen LogP contribution >= 0.6 is 23.2 Å². The van der Waals surface area contributed by atoms with Gasteiger partial charge in [0, 0.05) is 16.0 Å². The number of halogens is 2. The Morgan fingerprint density at radius 1 is 0.812 bits per heavy atom. The number of rotatable bonds is 2. The van der Waals surface area contributed by atoms with E-state index in [2.05, 4.69) is 13.0 Å². The standard InChI is InChI=1S/C14H11Cl2/c1-10(11-5-7-13(15)8-6-11)12-3-2-4-14(16)9-12/h2-9H,1H3. The van der Waals surface area contributed by atoms with Crippen LogP contribution in [-0.4, -0.2) is 0 Å². The van der Waals surface area contributed by atoms with Crippen LogP contribution in [0.25, 0.3) is 0 Å². The van der Waals surface area contributed by atoms with Crippen LogP contribution in [0.1, 0.15) is 18.1 Å². The molecule has 2 aromatic carbocycles. The van der Waals surface area contributed by atoms with E-state index in [0.29, 0.717) is 0 Å². The summed E-state index contributed by atoms with van der Waals surface area (Å²) in [6, 6.07) is 15.7. The lowest BCUT2D eigenvalue weighted by atomic mass is 9.93. The first-order chi connectivity index (χ1) is 7.66. The molecule has 2 rings (SSSR count). The highest BCUT2D eigenvalue weighted by atomic mass is 35.5. The van der Waals surface area contributed by atoms with Crippen molar-refractivity contribution in [2.75, 3.05) is 0 Å². The summed E-state index contributed by atoms with van der Waals surface area (Å²) in [5.74, 6) is 1.19. The van der Waals surface area contributed by atoms with Gasteiger partial charge in [-0.25, -0.2) is 0 Å². The molecule has 0 unspecified atom stereocenters. The molecule has 0 saturated heterocycles. The van der Waals surface area contributed by atoms with Crippen molar-refractivity contribution in [2.45, 2.75) is 6.92 Å². The third-order valence-electron chi connectivity index (χ3n) is 2.53. The summed E-state index contributed by atoms with van der Waals surface area (Å²) < 4.78 is 0. The molecule has 0 aliphatic heterocycles. The summed E-state index contributed by atoms with van der Waals surface area (Å²) in [6.45, 7) is 2.08. The molecular formula is C14H11Cl2. The van der Waals surface area contributed by atoms with Gasteiger partial charge in [-0.05, 0) is 35.4 Å². The molecule has 0 atom stereocenters. The maximum Gasteiger partial charge on any atom is 0.0409 e. The Morgan fingerprint density at radius 2 is 1.50 bits per heavy atom. The van der Waals surface area contributed by atoms with Crippen LogP contribution in [0.4, 0.5) is 0 Å². The number of hydrogen-bond acceptors (Lipinski definition) is 0. The van der Waals surface area contributed by atoms with Crippen LogP contribution in [-0.2, 0) is 0 Å². The van der Waals surface area contributed by atoms with E-state index in [1.165, 1.54) is 5.92 Å². The zero-order valence-corrected chi connectivity index (χ0v) is 10.4. The summed E-state index contributed by atoms with van der Waals surface area (Å²) in [6.07, 6.45) is 0. The minimum atomic E-state index is 0.752. The lowest BCUT2D eigenvalue weighted by Crippen LogP contribution is -1.96. The van der Waals surface area contributed by atoms with Gasteiger partial charge in [0.05, 0.1) is 0 Å². The highest BCUT2D eigenvalue weighted by Crippen LogP contribution is 2.25. The molecule has 81 valence electrons. The number of benzene rings is 2. The molecule has 0 aliphatic carbocycles. The van der Waals surface area contributed by atoms with Gasteiger partial charge in [0.2, 0.25) is 0 Å². The van der Waals surface area contributed by atoms with Crippen molar-refractivity contribution in [1.82, 2.24) is 0 Å². The van der Waals surface area contributed by atoms with E-state index < -0.39 is 0 Å². The van der Waals surface area contributed by atoms with Crippen molar-refractivity contribution in [3.05, 3.63) is 75.6 Å². The molecule has 0 amide bonds. The molecule has 0 aliphatic rings. The van der Waals surface area contributed by atoms with Crippen LogP contribution < -0.4 is 0 Å². The molecule has 16 heavy (non-hydrogen) atoms. The summed E-state index contributed by atoms with van der Waals surface area (Å²) in [5, 5.41) is 1.51. The Hall–Kier alpha value is -0.980. The topological polar surface area (TPSA) is 0 Å². The molecule has 2 heteroatoms. The lowest BCUT2D eigenvalue weighted by molar-refractivity contribution is 1.19. The molecule has 0 spiro atoms. The molecule has 0 aromatic heterocycles. The van der Waals surface area contributed by atoms with Crippen molar-refractivity contribution in [3.63, 3.8) is 0 Å². The Kier molecular flexibility index (Phi) is 3.52. The van der Waals surface area contributed by atoms with E-state index in [1.807, 2.05) is 42.5 Å². The van der Waals surface area contributed by atoms with Crippen LogP contribution in [0, 0.1) is 5.92 Å². The summed E-state index contributed by atoms with van der Waals surface area (Å²) in [4.78, 5) is 0. The summed E-state index contributed by atoms with van der Waals surface area (Å²) in [7, 11) is 0. The van der Waals surface area contributed by atoms with Crippen LogP contribution in [0.5, 0.6) is 0 Å². The van der Waals surface area contributed by atoms with Crippen molar-refractivity contribution in [3.8, 4) is 0 Å². The highest BCUT2D eigenvalue weighted by molar-refractivity contribution is 6.30. The van der Waals surface area contributed by atoms with Gasteiger partial charge in [0.15, 0.2) is 0 Å². The molecule has 0 nitrogen and oxygen atoms in total. The van der Waals surface area contributed by atoms with Crippen molar-refractivity contribution >= 4 is 23.2 Å². The maximum absolute atomic E-state index is 5.97. The molecule has 1 radical (unpaired) electrons. The first-order valence-electron chi connectivity index (χ1n) is 5.02. The molecule has 2 aromatic rings. The maximum atomic E-state index is 5.97. The molecule has 0 bridgehead atoms. The zero-order chi connectivity index (χ0) is 11.5. The van der Waals surface area contributed by atoms with Gasteiger partial charge in [0.25, 0.3) is 0 Å². The second-order valence-electron chi connectivity index (χ2n) is 3.64. The van der Waals surface area contributed by atoms with Gasteiger partial charge >= 0.3 is 0 Å². The second-order valence-corrected chi connectivity index (χ2v) is 4.52.